The summed E-state index contributed by atoms with van der Waals surface area (Å²) in [5.74, 6) is 1.02. The second-order valence-electron chi connectivity index (χ2n) is 7.93. The summed E-state index contributed by atoms with van der Waals surface area (Å²) >= 11 is 0. The van der Waals surface area contributed by atoms with Crippen molar-refractivity contribution in [2.75, 3.05) is 19.6 Å². The summed E-state index contributed by atoms with van der Waals surface area (Å²) in [6.07, 6.45) is 12.3. The van der Waals surface area contributed by atoms with Crippen LogP contribution < -0.4 is 0 Å². The van der Waals surface area contributed by atoms with E-state index >= 15 is 0 Å². The van der Waals surface area contributed by atoms with Crippen molar-refractivity contribution < 1.29 is 4.79 Å². The van der Waals surface area contributed by atoms with Gasteiger partial charge in [0.25, 0.3) is 0 Å². The molecular weight excluding hydrogens is 298 g/mol. The van der Waals surface area contributed by atoms with Gasteiger partial charge in [-0.3, -0.25) is 14.7 Å². The van der Waals surface area contributed by atoms with Gasteiger partial charge >= 0.3 is 0 Å². The number of hydrogen-bond acceptors (Lipinski definition) is 3. The van der Waals surface area contributed by atoms with Crippen LogP contribution in [0.5, 0.6) is 0 Å². The zero-order valence-electron chi connectivity index (χ0n) is 14.5. The highest BCUT2D eigenvalue weighted by Crippen LogP contribution is 2.38. The molecule has 1 amide bonds. The number of allylic oxidation sites excluding steroid dienone is 2. The minimum absolute atomic E-state index is 0.179. The molecule has 128 valence electrons. The Kier molecular flexibility index (Phi) is 4.17. The maximum atomic E-state index is 13.1. The molecule has 24 heavy (non-hydrogen) atoms. The van der Waals surface area contributed by atoms with Crippen molar-refractivity contribution in [3.63, 3.8) is 0 Å². The lowest BCUT2D eigenvalue weighted by Crippen LogP contribution is -2.44. The van der Waals surface area contributed by atoms with Crippen LogP contribution in [0.25, 0.3) is 0 Å². The second-order valence-corrected chi connectivity index (χ2v) is 7.93. The van der Waals surface area contributed by atoms with Crippen LogP contribution in [0.2, 0.25) is 0 Å². The van der Waals surface area contributed by atoms with Gasteiger partial charge in [0, 0.05) is 38.1 Å². The van der Waals surface area contributed by atoms with Gasteiger partial charge in [0.2, 0.25) is 5.91 Å². The molecule has 2 aliphatic heterocycles. The number of rotatable bonds is 3. The van der Waals surface area contributed by atoms with Gasteiger partial charge in [-0.1, -0.05) is 25.1 Å². The van der Waals surface area contributed by atoms with E-state index < -0.39 is 0 Å². The van der Waals surface area contributed by atoms with Crippen LogP contribution in [0.1, 0.15) is 38.2 Å². The van der Waals surface area contributed by atoms with Crippen molar-refractivity contribution in [2.24, 2.45) is 11.3 Å². The molecule has 1 aliphatic carbocycles. The van der Waals surface area contributed by atoms with E-state index in [9.17, 15) is 4.79 Å². The van der Waals surface area contributed by atoms with Crippen LogP contribution in [-0.4, -0.2) is 46.4 Å². The smallest absolute Gasteiger partial charge is 0.228 e. The number of amides is 1. The first kappa shape index (κ1) is 15.8. The summed E-state index contributed by atoms with van der Waals surface area (Å²) in [4.78, 5) is 22.0. The van der Waals surface area contributed by atoms with E-state index in [0.29, 0.717) is 17.9 Å². The van der Waals surface area contributed by atoms with Crippen LogP contribution in [0, 0.1) is 11.3 Å². The second kappa shape index (κ2) is 6.32. The average Bonchev–Trinajstić information content (AvgIpc) is 3.18. The van der Waals surface area contributed by atoms with Crippen molar-refractivity contribution >= 4 is 5.91 Å². The summed E-state index contributed by atoms with van der Waals surface area (Å²) in [6, 6.07) is 4.68. The molecule has 3 aliphatic rings. The Hall–Kier alpha value is -1.68. The predicted octanol–water partition coefficient (Wildman–Crippen LogP) is 2.86. The van der Waals surface area contributed by atoms with Crippen molar-refractivity contribution in [1.82, 2.24) is 14.8 Å². The monoisotopic (exact) mass is 325 g/mol. The standard InChI is InChI=1S/C20H27N3O/c1-20(8-3-2-4-9-20)19(24)23-14-17-7-11-22(18(17)15-23)13-16-6-5-10-21-12-16/h2-3,5-6,10,12,17-18H,4,7-9,11,13-15H2,1H3/t17-,18+,20?/m0/s1. The van der Waals surface area contributed by atoms with Crippen molar-refractivity contribution in [3.05, 3.63) is 42.2 Å². The van der Waals surface area contributed by atoms with Crippen molar-refractivity contribution in [1.29, 1.82) is 0 Å². The molecule has 0 bridgehead atoms. The van der Waals surface area contributed by atoms with E-state index in [1.807, 2.05) is 18.5 Å². The number of pyridine rings is 1. The fourth-order valence-corrected chi connectivity index (χ4v) is 4.68. The van der Waals surface area contributed by atoms with Gasteiger partial charge in [0.15, 0.2) is 0 Å². The van der Waals surface area contributed by atoms with Gasteiger partial charge in [-0.15, -0.1) is 0 Å². The lowest BCUT2D eigenvalue weighted by atomic mass is 9.78. The van der Waals surface area contributed by atoms with Gasteiger partial charge in [-0.2, -0.15) is 0 Å². The predicted molar refractivity (Wildman–Crippen MR) is 94.2 cm³/mol. The Labute approximate surface area is 144 Å². The topological polar surface area (TPSA) is 36.4 Å². The maximum absolute atomic E-state index is 13.1. The van der Waals surface area contributed by atoms with Gasteiger partial charge in [0.05, 0.1) is 5.41 Å². The number of likely N-dealkylation sites (tertiary alicyclic amines) is 2. The number of fused-ring (bicyclic) bond motifs is 1. The molecular formula is C20H27N3O. The number of carbonyl (C=O) groups is 1. The molecule has 1 aromatic heterocycles. The number of carbonyl (C=O) groups excluding carboxylic acids is 1. The first-order valence-corrected chi connectivity index (χ1v) is 9.23. The summed E-state index contributed by atoms with van der Waals surface area (Å²) in [5, 5.41) is 0. The summed E-state index contributed by atoms with van der Waals surface area (Å²) < 4.78 is 0. The lowest BCUT2D eigenvalue weighted by Gasteiger charge is -2.34. The highest BCUT2D eigenvalue weighted by Gasteiger charge is 2.46. The molecule has 0 radical (unpaired) electrons. The molecule has 2 fully saturated rings. The van der Waals surface area contributed by atoms with Crippen LogP contribution in [-0.2, 0) is 11.3 Å². The van der Waals surface area contributed by atoms with E-state index in [1.54, 1.807) is 0 Å². The summed E-state index contributed by atoms with van der Waals surface area (Å²) in [5.41, 5.74) is 1.09. The third-order valence-corrected chi connectivity index (χ3v) is 6.17. The Morgan fingerprint density at radius 2 is 2.29 bits per heavy atom. The molecule has 4 rings (SSSR count). The molecule has 0 aromatic carbocycles. The molecule has 0 saturated carbocycles. The van der Waals surface area contributed by atoms with Gasteiger partial charge in [-0.25, -0.2) is 0 Å². The molecule has 3 atom stereocenters. The molecule has 1 unspecified atom stereocenters. The number of nitrogens with zero attached hydrogens (tertiary/aromatic N) is 3. The molecule has 4 nitrogen and oxygen atoms in total. The largest absolute Gasteiger partial charge is 0.340 e. The van der Waals surface area contributed by atoms with E-state index in [1.165, 1.54) is 12.0 Å². The van der Waals surface area contributed by atoms with E-state index in [2.05, 4.69) is 39.9 Å². The van der Waals surface area contributed by atoms with Crippen molar-refractivity contribution in [3.8, 4) is 0 Å². The van der Waals surface area contributed by atoms with E-state index in [0.717, 1.165) is 45.4 Å². The molecule has 2 saturated heterocycles. The molecule has 1 aromatic rings. The summed E-state index contributed by atoms with van der Waals surface area (Å²) in [6.45, 7) is 6.11. The maximum Gasteiger partial charge on any atom is 0.228 e. The number of aromatic nitrogens is 1. The zero-order chi connectivity index (χ0) is 16.6. The molecule has 4 heteroatoms. The van der Waals surface area contributed by atoms with E-state index in [4.69, 9.17) is 0 Å². The fraction of sp³-hybridized carbons (Fsp3) is 0.600. The summed E-state index contributed by atoms with van der Waals surface area (Å²) in [7, 11) is 0. The third-order valence-electron chi connectivity index (χ3n) is 6.17. The Morgan fingerprint density at radius 3 is 3.04 bits per heavy atom. The SMILES string of the molecule is CC1(C(=O)N2C[C@@H]3CCN(Cc4cccnc4)[C@@H]3C2)CC=CCC1. The average molecular weight is 325 g/mol. The zero-order valence-corrected chi connectivity index (χ0v) is 14.5. The highest BCUT2D eigenvalue weighted by molar-refractivity contribution is 5.83. The Bertz CT molecular complexity index is 629. The fourth-order valence-electron chi connectivity index (χ4n) is 4.68. The Balaban J connectivity index is 1.42. The molecule has 0 spiro atoms. The molecule has 0 N–H and O–H groups in total. The molecule has 3 heterocycles. The normalized spacial score (nSPS) is 33.0. The van der Waals surface area contributed by atoms with Crippen molar-refractivity contribution in [2.45, 2.75) is 45.2 Å². The number of hydrogen-bond donors (Lipinski definition) is 0. The lowest BCUT2D eigenvalue weighted by molar-refractivity contribution is -0.141. The third kappa shape index (κ3) is 2.88. The van der Waals surface area contributed by atoms with Crippen LogP contribution in [0.3, 0.4) is 0 Å². The minimum atomic E-state index is -0.179. The quantitative estimate of drug-likeness (QED) is 0.802. The highest BCUT2D eigenvalue weighted by atomic mass is 16.2. The minimum Gasteiger partial charge on any atom is -0.340 e. The van der Waals surface area contributed by atoms with Crippen LogP contribution in [0.15, 0.2) is 36.7 Å². The van der Waals surface area contributed by atoms with Gasteiger partial charge < -0.3 is 4.90 Å². The van der Waals surface area contributed by atoms with E-state index in [-0.39, 0.29) is 5.41 Å². The first-order valence-electron chi connectivity index (χ1n) is 9.23. The van der Waals surface area contributed by atoms with Gasteiger partial charge in [-0.05, 0) is 49.8 Å². The van der Waals surface area contributed by atoms with Gasteiger partial charge in [0.1, 0.15) is 0 Å². The van der Waals surface area contributed by atoms with Crippen LogP contribution >= 0.6 is 0 Å². The van der Waals surface area contributed by atoms with Crippen LogP contribution in [0.4, 0.5) is 0 Å². The Morgan fingerprint density at radius 1 is 1.38 bits per heavy atom. The first-order chi connectivity index (χ1) is 11.7.